The number of aromatic nitrogens is 2. The lowest BCUT2D eigenvalue weighted by Crippen LogP contribution is -2.54. The predicted octanol–water partition coefficient (Wildman–Crippen LogP) is 3.02. The van der Waals surface area contributed by atoms with Gasteiger partial charge in [0.05, 0.1) is 17.8 Å². The number of aliphatic hydroxyl groups excluding tert-OH is 1. The van der Waals surface area contributed by atoms with E-state index in [2.05, 4.69) is 19.7 Å². The third kappa shape index (κ3) is 5.86. The molecule has 2 aliphatic rings. The maximum Gasteiger partial charge on any atom is 0.329 e. The second-order valence-electron chi connectivity index (χ2n) is 9.54. The zero-order valence-corrected chi connectivity index (χ0v) is 20.9. The van der Waals surface area contributed by atoms with E-state index in [1.807, 2.05) is 41.9 Å². The number of aryl methyl sites for hydroxylation is 1. The van der Waals surface area contributed by atoms with E-state index in [1.165, 1.54) is 0 Å². The van der Waals surface area contributed by atoms with Crippen molar-refractivity contribution in [3.05, 3.63) is 71.1 Å². The average Bonchev–Trinajstić information content (AvgIpc) is 2.90. The molecule has 1 saturated heterocycles. The van der Waals surface area contributed by atoms with E-state index in [9.17, 15) is 19.8 Å². The number of hydrogen-bond donors (Lipinski definition) is 3. The van der Waals surface area contributed by atoms with Crippen molar-refractivity contribution in [2.24, 2.45) is 5.92 Å². The molecule has 196 valence electrons. The van der Waals surface area contributed by atoms with Crippen molar-refractivity contribution >= 4 is 17.4 Å². The first-order chi connectivity index (χ1) is 17.7. The van der Waals surface area contributed by atoms with Crippen molar-refractivity contribution in [2.75, 3.05) is 19.7 Å². The van der Waals surface area contributed by atoms with Crippen LogP contribution in [0.3, 0.4) is 0 Å². The summed E-state index contributed by atoms with van der Waals surface area (Å²) in [6.07, 6.45) is 5.81. The highest BCUT2D eigenvalue weighted by atomic mass is 19.1. The molecular formula is C27H31FN4O5. The number of halogens is 1. The highest BCUT2D eigenvalue weighted by molar-refractivity contribution is 5.95. The lowest BCUT2D eigenvalue weighted by Gasteiger charge is -2.45. The van der Waals surface area contributed by atoms with Crippen molar-refractivity contribution in [1.29, 1.82) is 0 Å². The molecule has 1 fully saturated rings. The smallest absolute Gasteiger partial charge is 0.329 e. The zero-order chi connectivity index (χ0) is 26.6. The molecule has 4 rings (SSSR count). The van der Waals surface area contributed by atoms with Crippen LogP contribution in [0.4, 0.5) is 4.39 Å². The van der Waals surface area contributed by atoms with Gasteiger partial charge in [0.1, 0.15) is 11.7 Å². The fourth-order valence-electron chi connectivity index (χ4n) is 4.93. The van der Waals surface area contributed by atoms with Crippen LogP contribution in [0.15, 0.2) is 48.3 Å². The Labute approximate surface area is 214 Å². The van der Waals surface area contributed by atoms with Gasteiger partial charge >= 0.3 is 11.9 Å². The molecule has 2 aromatic rings. The molecule has 1 aliphatic carbocycles. The van der Waals surface area contributed by atoms with Crippen LogP contribution < -0.4 is 5.48 Å². The number of carbonyl (C=O) groups excluding carboxylic acids is 2. The number of nitrogens with one attached hydrogen (secondary N) is 1. The van der Waals surface area contributed by atoms with Crippen molar-refractivity contribution < 1.29 is 29.0 Å². The number of allylic oxidation sites excluding steroid dienone is 2. The first-order valence-electron chi connectivity index (χ1n) is 12.3. The Bertz CT molecular complexity index is 1220. The van der Waals surface area contributed by atoms with E-state index in [1.54, 1.807) is 13.0 Å². The molecule has 3 N–H and O–H groups in total. The maximum atomic E-state index is 15.2. The number of carbonyl (C=O) groups is 2. The molecular weight excluding hydrogens is 479 g/mol. The Morgan fingerprint density at radius 2 is 1.92 bits per heavy atom. The number of rotatable bonds is 6. The highest BCUT2D eigenvalue weighted by Gasteiger charge is 2.39. The van der Waals surface area contributed by atoms with Crippen LogP contribution in [0.5, 0.6) is 5.75 Å². The fourth-order valence-corrected chi connectivity index (χ4v) is 4.93. The Kier molecular flexibility index (Phi) is 7.99. The Hall–Kier alpha value is -3.63. The topological polar surface area (TPSA) is 125 Å². The van der Waals surface area contributed by atoms with Gasteiger partial charge in [0, 0.05) is 25.3 Å². The largest absolute Gasteiger partial charge is 0.504 e. The monoisotopic (exact) mass is 510 g/mol. The van der Waals surface area contributed by atoms with Crippen LogP contribution >= 0.6 is 0 Å². The molecule has 9 nitrogen and oxygen atoms in total. The van der Waals surface area contributed by atoms with Gasteiger partial charge in [-0.15, -0.1) is 0 Å². The Morgan fingerprint density at radius 3 is 2.54 bits per heavy atom. The summed E-state index contributed by atoms with van der Waals surface area (Å²) in [4.78, 5) is 38.4. The maximum absolute atomic E-state index is 15.2. The average molecular weight is 511 g/mol. The van der Waals surface area contributed by atoms with Crippen LogP contribution in [0.2, 0.25) is 0 Å². The Morgan fingerprint density at radius 1 is 1.22 bits per heavy atom. The minimum Gasteiger partial charge on any atom is -0.504 e. The van der Waals surface area contributed by atoms with Crippen LogP contribution in [-0.2, 0) is 16.1 Å². The van der Waals surface area contributed by atoms with Gasteiger partial charge in [0.15, 0.2) is 11.4 Å². The summed E-state index contributed by atoms with van der Waals surface area (Å²) >= 11 is 0. The third-order valence-electron chi connectivity index (χ3n) is 7.00. The van der Waals surface area contributed by atoms with Crippen LogP contribution in [0.1, 0.15) is 53.8 Å². The number of aromatic hydroxyl groups is 1. The molecule has 10 heteroatoms. The SMILES string of the molecule is CC(=O)ONC(=O)c1nc(CC2CCN(C3(CO)C=CC(c4ccccc4)=C(F)C3)CC2)nc(C)c1O. The summed E-state index contributed by atoms with van der Waals surface area (Å²) in [6, 6.07) is 9.37. The third-order valence-corrected chi connectivity index (χ3v) is 7.00. The summed E-state index contributed by atoms with van der Waals surface area (Å²) < 4.78 is 15.2. The van der Waals surface area contributed by atoms with E-state index in [4.69, 9.17) is 0 Å². The Balaban J connectivity index is 1.41. The van der Waals surface area contributed by atoms with Gasteiger partial charge < -0.3 is 15.1 Å². The number of piperidine rings is 1. The standard InChI is InChI=1S/C27H31FN4O5/c1-17-25(35)24(26(36)31-37-18(2)34)30-23(29-17)14-19-9-12-32(13-10-19)27(16-33)11-8-21(22(28)15-27)20-6-4-3-5-7-20/h3-8,11,19,33,35H,9-10,12-16H2,1-2H3,(H,31,36). The van der Waals surface area contributed by atoms with E-state index >= 15 is 4.39 Å². The molecule has 1 aliphatic heterocycles. The van der Waals surface area contributed by atoms with Crippen molar-refractivity contribution in [3.8, 4) is 5.75 Å². The van der Waals surface area contributed by atoms with Gasteiger partial charge in [0.2, 0.25) is 0 Å². The van der Waals surface area contributed by atoms with Gasteiger partial charge in [-0.25, -0.2) is 14.4 Å². The summed E-state index contributed by atoms with van der Waals surface area (Å²) in [6.45, 7) is 3.82. The van der Waals surface area contributed by atoms with E-state index < -0.39 is 17.4 Å². The highest BCUT2D eigenvalue weighted by Crippen LogP contribution is 2.38. The number of nitrogens with zero attached hydrogens (tertiary/aromatic N) is 3. The number of hydrogen-bond acceptors (Lipinski definition) is 8. The second-order valence-corrected chi connectivity index (χ2v) is 9.54. The van der Waals surface area contributed by atoms with Crippen molar-refractivity contribution in [2.45, 2.75) is 45.1 Å². The number of amides is 1. The summed E-state index contributed by atoms with van der Waals surface area (Å²) in [5, 5.41) is 20.5. The molecule has 1 atom stereocenters. The van der Waals surface area contributed by atoms with E-state index in [0.717, 1.165) is 25.3 Å². The quantitative estimate of drug-likeness (QED) is 0.507. The lowest BCUT2D eigenvalue weighted by atomic mass is 9.82. The van der Waals surface area contributed by atoms with Crippen LogP contribution in [0.25, 0.3) is 5.57 Å². The van der Waals surface area contributed by atoms with E-state index in [0.29, 0.717) is 30.9 Å². The number of aliphatic hydroxyl groups is 1. The second kappa shape index (κ2) is 11.2. The summed E-state index contributed by atoms with van der Waals surface area (Å²) in [5.41, 5.74) is 2.52. The first kappa shape index (κ1) is 26.4. The van der Waals surface area contributed by atoms with Gasteiger partial charge in [-0.2, -0.15) is 5.48 Å². The molecule has 0 spiro atoms. The van der Waals surface area contributed by atoms with Crippen LogP contribution in [-0.4, -0.2) is 62.2 Å². The van der Waals surface area contributed by atoms with Crippen LogP contribution in [0, 0.1) is 12.8 Å². The van der Waals surface area contributed by atoms with Crippen molar-refractivity contribution in [1.82, 2.24) is 20.3 Å². The summed E-state index contributed by atoms with van der Waals surface area (Å²) in [7, 11) is 0. The first-order valence-corrected chi connectivity index (χ1v) is 12.3. The molecule has 1 amide bonds. The number of likely N-dealkylation sites (tertiary alicyclic amines) is 1. The summed E-state index contributed by atoms with van der Waals surface area (Å²) in [5.74, 6) is -1.55. The minimum atomic E-state index is -0.840. The fraction of sp³-hybridized carbons (Fsp3) is 0.407. The molecule has 0 saturated carbocycles. The minimum absolute atomic E-state index is 0.107. The molecule has 1 unspecified atom stereocenters. The molecule has 0 radical (unpaired) electrons. The molecule has 0 bridgehead atoms. The molecule has 2 heterocycles. The van der Waals surface area contributed by atoms with Gasteiger partial charge in [-0.3, -0.25) is 14.5 Å². The normalized spacial score (nSPS) is 20.6. The zero-order valence-electron chi connectivity index (χ0n) is 20.9. The number of hydroxylamine groups is 1. The molecule has 37 heavy (non-hydrogen) atoms. The molecule has 1 aromatic heterocycles. The van der Waals surface area contributed by atoms with Gasteiger partial charge in [-0.1, -0.05) is 42.5 Å². The number of benzene rings is 1. The molecule has 1 aromatic carbocycles. The van der Waals surface area contributed by atoms with Gasteiger partial charge in [-0.05, 0) is 44.3 Å². The lowest BCUT2D eigenvalue weighted by molar-refractivity contribution is -0.146. The van der Waals surface area contributed by atoms with E-state index in [-0.39, 0.29) is 41.9 Å². The predicted molar refractivity (Wildman–Crippen MR) is 134 cm³/mol. The van der Waals surface area contributed by atoms with Gasteiger partial charge in [0.25, 0.3) is 0 Å². The van der Waals surface area contributed by atoms with Crippen molar-refractivity contribution in [3.63, 3.8) is 0 Å².